The van der Waals surface area contributed by atoms with Crippen LogP contribution >= 0.6 is 0 Å². The van der Waals surface area contributed by atoms with Crippen molar-refractivity contribution in [2.45, 2.75) is 18.9 Å². The minimum absolute atomic E-state index is 0.158. The van der Waals surface area contributed by atoms with Crippen LogP contribution in [0, 0.1) is 0 Å². The average Bonchev–Trinajstić information content (AvgIpc) is 3.34. The van der Waals surface area contributed by atoms with Crippen LogP contribution in [0.15, 0.2) is 42.5 Å². The molecule has 0 radical (unpaired) electrons. The van der Waals surface area contributed by atoms with Gasteiger partial charge in [-0.05, 0) is 37.1 Å². The molecular weight excluding hydrogens is 320 g/mol. The first-order valence-corrected chi connectivity index (χ1v) is 8.01. The summed E-state index contributed by atoms with van der Waals surface area (Å²) in [5.41, 5.74) is 2.71. The summed E-state index contributed by atoms with van der Waals surface area (Å²) >= 11 is 0. The Morgan fingerprint density at radius 1 is 1.16 bits per heavy atom. The van der Waals surface area contributed by atoms with Gasteiger partial charge in [0.2, 0.25) is 5.82 Å². The first-order valence-electron chi connectivity index (χ1n) is 8.01. The summed E-state index contributed by atoms with van der Waals surface area (Å²) in [5, 5.41) is 7.23. The number of rotatable bonds is 4. The first-order chi connectivity index (χ1) is 12.2. The van der Waals surface area contributed by atoms with Gasteiger partial charge in [0.25, 0.3) is 5.91 Å². The van der Waals surface area contributed by atoms with Crippen molar-refractivity contribution in [2.24, 2.45) is 0 Å². The number of carbonyl (C=O) groups excluding carboxylic acids is 2. The highest BCUT2D eigenvalue weighted by Crippen LogP contribution is 2.22. The zero-order valence-electron chi connectivity index (χ0n) is 13.6. The van der Waals surface area contributed by atoms with Crippen LogP contribution in [0.1, 0.15) is 33.8 Å². The lowest BCUT2D eigenvalue weighted by atomic mass is 10.1. The standard InChI is InChI=1S/C18H16N4O3/c1-25-18(24)12-7-5-11(6-8-12)14-3-2-4-15-20-16(21-22(14)15)17(23)19-13-9-10-13/h2-8,13H,9-10H2,1H3,(H,19,23). The number of methoxy groups -OCH3 is 1. The highest BCUT2D eigenvalue weighted by atomic mass is 16.5. The Balaban J connectivity index is 1.70. The number of esters is 1. The summed E-state index contributed by atoms with van der Waals surface area (Å²) in [6.07, 6.45) is 2.02. The van der Waals surface area contributed by atoms with Crippen molar-refractivity contribution in [1.29, 1.82) is 0 Å². The van der Waals surface area contributed by atoms with Crippen molar-refractivity contribution in [3.63, 3.8) is 0 Å². The number of fused-ring (bicyclic) bond motifs is 1. The lowest BCUT2D eigenvalue weighted by Crippen LogP contribution is -2.26. The van der Waals surface area contributed by atoms with Gasteiger partial charge in [0, 0.05) is 11.6 Å². The average molecular weight is 336 g/mol. The highest BCUT2D eigenvalue weighted by molar-refractivity contribution is 5.91. The third-order valence-corrected chi connectivity index (χ3v) is 4.08. The van der Waals surface area contributed by atoms with Gasteiger partial charge in [0.1, 0.15) is 0 Å². The maximum atomic E-state index is 12.2. The van der Waals surface area contributed by atoms with Crippen LogP contribution in [-0.2, 0) is 4.74 Å². The van der Waals surface area contributed by atoms with E-state index in [2.05, 4.69) is 15.4 Å². The molecule has 1 N–H and O–H groups in total. The van der Waals surface area contributed by atoms with E-state index >= 15 is 0 Å². The predicted octanol–water partition coefficient (Wildman–Crippen LogP) is 2.08. The second-order valence-corrected chi connectivity index (χ2v) is 5.93. The largest absolute Gasteiger partial charge is 0.465 e. The van der Waals surface area contributed by atoms with Gasteiger partial charge in [-0.15, -0.1) is 5.10 Å². The summed E-state index contributed by atoms with van der Waals surface area (Å²) in [6, 6.07) is 12.8. The number of hydrogen-bond acceptors (Lipinski definition) is 5. The van der Waals surface area contributed by atoms with Crippen molar-refractivity contribution in [3.05, 3.63) is 53.9 Å². The van der Waals surface area contributed by atoms with E-state index in [1.807, 2.05) is 24.3 Å². The second-order valence-electron chi connectivity index (χ2n) is 5.93. The molecule has 4 rings (SSSR count). The Labute approximate surface area is 143 Å². The SMILES string of the molecule is COC(=O)c1ccc(-c2cccc3nc(C(=O)NC4CC4)nn23)cc1. The molecule has 0 spiro atoms. The number of nitrogens with zero attached hydrogens (tertiary/aromatic N) is 3. The number of ether oxygens (including phenoxy) is 1. The van der Waals surface area contributed by atoms with Crippen LogP contribution in [-0.4, -0.2) is 39.6 Å². The highest BCUT2D eigenvalue weighted by Gasteiger charge is 2.25. The Morgan fingerprint density at radius 2 is 1.92 bits per heavy atom. The Bertz CT molecular complexity index is 958. The first kappa shape index (κ1) is 15.3. The van der Waals surface area contributed by atoms with Gasteiger partial charge >= 0.3 is 5.97 Å². The van der Waals surface area contributed by atoms with Gasteiger partial charge in [0.05, 0.1) is 18.4 Å². The molecule has 0 aliphatic heterocycles. The molecule has 0 bridgehead atoms. The van der Waals surface area contributed by atoms with E-state index in [1.165, 1.54) is 7.11 Å². The van der Waals surface area contributed by atoms with E-state index in [9.17, 15) is 9.59 Å². The minimum atomic E-state index is -0.385. The monoisotopic (exact) mass is 336 g/mol. The molecule has 2 aromatic heterocycles. The molecular formula is C18H16N4O3. The maximum Gasteiger partial charge on any atom is 0.337 e. The van der Waals surface area contributed by atoms with E-state index in [0.29, 0.717) is 11.2 Å². The fraction of sp³-hybridized carbons (Fsp3) is 0.222. The van der Waals surface area contributed by atoms with Crippen LogP contribution in [0.4, 0.5) is 0 Å². The fourth-order valence-electron chi connectivity index (χ4n) is 2.59. The van der Waals surface area contributed by atoms with Crippen LogP contribution in [0.2, 0.25) is 0 Å². The van der Waals surface area contributed by atoms with Crippen molar-refractivity contribution in [1.82, 2.24) is 19.9 Å². The number of nitrogens with one attached hydrogen (secondary N) is 1. The molecule has 1 saturated carbocycles. The predicted molar refractivity (Wildman–Crippen MR) is 90.3 cm³/mol. The van der Waals surface area contributed by atoms with Gasteiger partial charge in [-0.3, -0.25) is 4.79 Å². The van der Waals surface area contributed by atoms with Crippen molar-refractivity contribution in [2.75, 3.05) is 7.11 Å². The summed E-state index contributed by atoms with van der Waals surface area (Å²) in [7, 11) is 1.35. The van der Waals surface area contributed by atoms with E-state index < -0.39 is 0 Å². The Kier molecular flexibility index (Phi) is 3.68. The summed E-state index contributed by atoms with van der Waals surface area (Å²) in [6.45, 7) is 0. The number of aromatic nitrogens is 3. The van der Waals surface area contributed by atoms with Crippen molar-refractivity contribution < 1.29 is 14.3 Å². The molecule has 0 atom stereocenters. The molecule has 126 valence electrons. The summed E-state index contributed by atoms with van der Waals surface area (Å²) < 4.78 is 6.34. The van der Waals surface area contributed by atoms with Gasteiger partial charge in [-0.2, -0.15) is 0 Å². The van der Waals surface area contributed by atoms with E-state index in [-0.39, 0.29) is 23.7 Å². The zero-order chi connectivity index (χ0) is 17.4. The van der Waals surface area contributed by atoms with Gasteiger partial charge in [0.15, 0.2) is 5.65 Å². The molecule has 0 saturated heterocycles. The maximum absolute atomic E-state index is 12.2. The lowest BCUT2D eigenvalue weighted by molar-refractivity contribution is 0.0600. The molecule has 1 fully saturated rings. The van der Waals surface area contributed by atoms with Crippen molar-refractivity contribution >= 4 is 17.5 Å². The third kappa shape index (κ3) is 2.96. The number of hydrogen-bond donors (Lipinski definition) is 1. The Hall–Kier alpha value is -3.22. The molecule has 7 nitrogen and oxygen atoms in total. The molecule has 1 aliphatic carbocycles. The van der Waals surface area contributed by atoms with Crippen LogP contribution in [0.5, 0.6) is 0 Å². The van der Waals surface area contributed by atoms with E-state index in [0.717, 1.165) is 24.1 Å². The van der Waals surface area contributed by atoms with Crippen LogP contribution in [0.25, 0.3) is 16.9 Å². The molecule has 3 aromatic rings. The second kappa shape index (κ2) is 6.01. The van der Waals surface area contributed by atoms with Gasteiger partial charge in [-0.25, -0.2) is 14.3 Å². The third-order valence-electron chi connectivity index (χ3n) is 4.08. The molecule has 0 unspecified atom stereocenters. The van der Waals surface area contributed by atoms with E-state index in [1.54, 1.807) is 22.7 Å². The fourth-order valence-corrected chi connectivity index (χ4v) is 2.59. The number of amides is 1. The van der Waals surface area contributed by atoms with Crippen LogP contribution in [0.3, 0.4) is 0 Å². The lowest BCUT2D eigenvalue weighted by Gasteiger charge is -2.05. The smallest absolute Gasteiger partial charge is 0.337 e. The topological polar surface area (TPSA) is 85.6 Å². The molecule has 1 amide bonds. The van der Waals surface area contributed by atoms with Crippen molar-refractivity contribution in [3.8, 4) is 11.3 Å². The normalized spacial score (nSPS) is 13.6. The molecule has 2 heterocycles. The molecule has 7 heteroatoms. The molecule has 1 aromatic carbocycles. The van der Waals surface area contributed by atoms with E-state index in [4.69, 9.17) is 4.74 Å². The quantitative estimate of drug-likeness (QED) is 0.737. The zero-order valence-corrected chi connectivity index (χ0v) is 13.6. The minimum Gasteiger partial charge on any atom is -0.465 e. The number of carbonyl (C=O) groups is 2. The number of benzene rings is 1. The summed E-state index contributed by atoms with van der Waals surface area (Å²) in [5.74, 6) is -0.478. The van der Waals surface area contributed by atoms with Crippen LogP contribution < -0.4 is 5.32 Å². The van der Waals surface area contributed by atoms with Gasteiger partial charge < -0.3 is 10.1 Å². The molecule has 25 heavy (non-hydrogen) atoms. The summed E-state index contributed by atoms with van der Waals surface area (Å²) in [4.78, 5) is 28.0. The molecule has 1 aliphatic rings. The van der Waals surface area contributed by atoms with Gasteiger partial charge in [-0.1, -0.05) is 18.2 Å². The Morgan fingerprint density at radius 3 is 2.60 bits per heavy atom. The number of pyridine rings is 1.